The third-order valence-electron chi connectivity index (χ3n) is 2.89. The molecule has 5 nitrogen and oxygen atoms in total. The average molecular weight is 290 g/mol. The third-order valence-corrected chi connectivity index (χ3v) is 2.89. The first kappa shape index (κ1) is 14.9. The van der Waals surface area contributed by atoms with Crippen LogP contribution in [0.15, 0.2) is 42.5 Å². The van der Waals surface area contributed by atoms with Gasteiger partial charge < -0.3 is 10.1 Å². The zero-order chi connectivity index (χ0) is 15.2. The molecule has 0 saturated heterocycles. The quantitative estimate of drug-likeness (QED) is 0.653. The number of nitrogens with zero attached hydrogens (tertiary/aromatic N) is 1. The minimum absolute atomic E-state index is 0.273. The first-order valence-electron chi connectivity index (χ1n) is 6.34. The van der Waals surface area contributed by atoms with Crippen molar-refractivity contribution < 1.29 is 14.1 Å². The molecule has 110 valence electrons. The number of benzene rings is 2. The maximum atomic E-state index is 13.3. The summed E-state index contributed by atoms with van der Waals surface area (Å²) in [5.41, 5.74) is 2.11. The number of hydrogen-bond acceptors (Lipinski definition) is 4. The van der Waals surface area contributed by atoms with Crippen molar-refractivity contribution in [1.82, 2.24) is 0 Å². The molecule has 0 saturated carbocycles. The van der Waals surface area contributed by atoms with Crippen molar-refractivity contribution in [3.63, 3.8) is 0 Å². The lowest BCUT2D eigenvalue weighted by Crippen LogP contribution is -2.01. The van der Waals surface area contributed by atoms with Gasteiger partial charge in [-0.25, -0.2) is 4.39 Å². The summed E-state index contributed by atoms with van der Waals surface area (Å²) in [6.07, 6.45) is 0. The van der Waals surface area contributed by atoms with Gasteiger partial charge in [0.25, 0.3) is 5.69 Å². The number of hydrogen-bond donors (Lipinski definition) is 1. The molecule has 0 fully saturated rings. The summed E-state index contributed by atoms with van der Waals surface area (Å²) >= 11 is 0. The molecule has 0 amide bonds. The fraction of sp³-hybridized carbons (Fsp3) is 0.200. The van der Waals surface area contributed by atoms with Crippen LogP contribution in [-0.2, 0) is 17.9 Å². The van der Waals surface area contributed by atoms with Gasteiger partial charge in [0, 0.05) is 25.4 Å². The number of anilines is 1. The van der Waals surface area contributed by atoms with E-state index in [-0.39, 0.29) is 5.69 Å². The van der Waals surface area contributed by atoms with E-state index < -0.39 is 10.7 Å². The topological polar surface area (TPSA) is 64.4 Å². The second-order valence-corrected chi connectivity index (χ2v) is 4.56. The van der Waals surface area contributed by atoms with Gasteiger partial charge in [-0.05, 0) is 17.2 Å². The van der Waals surface area contributed by atoms with Crippen molar-refractivity contribution >= 4 is 11.4 Å². The van der Waals surface area contributed by atoms with Crippen LogP contribution >= 0.6 is 0 Å². The molecule has 0 radical (unpaired) electrons. The second kappa shape index (κ2) is 6.81. The highest BCUT2D eigenvalue weighted by Crippen LogP contribution is 2.20. The summed E-state index contributed by atoms with van der Waals surface area (Å²) in [5, 5.41) is 13.7. The number of nitrogens with one attached hydrogen (secondary N) is 1. The van der Waals surface area contributed by atoms with E-state index in [0.29, 0.717) is 18.8 Å². The number of ether oxygens (including phenoxy) is 1. The van der Waals surface area contributed by atoms with Crippen molar-refractivity contribution in [2.45, 2.75) is 13.2 Å². The van der Waals surface area contributed by atoms with Crippen LogP contribution in [0.5, 0.6) is 0 Å². The molecule has 2 aromatic rings. The molecule has 0 unspecified atom stereocenters. The van der Waals surface area contributed by atoms with Gasteiger partial charge in [0.15, 0.2) is 0 Å². The van der Waals surface area contributed by atoms with E-state index in [1.54, 1.807) is 7.11 Å². The van der Waals surface area contributed by atoms with Gasteiger partial charge in [-0.3, -0.25) is 10.1 Å². The Kier molecular flexibility index (Phi) is 4.84. The minimum atomic E-state index is -0.639. The summed E-state index contributed by atoms with van der Waals surface area (Å²) in [7, 11) is 1.62. The first-order valence-corrected chi connectivity index (χ1v) is 6.34. The fourth-order valence-electron chi connectivity index (χ4n) is 1.98. The molecule has 0 aliphatic rings. The van der Waals surface area contributed by atoms with Crippen LogP contribution in [0.2, 0.25) is 0 Å². The second-order valence-electron chi connectivity index (χ2n) is 4.56. The zero-order valence-corrected chi connectivity index (χ0v) is 11.5. The Morgan fingerprint density at radius 1 is 1.24 bits per heavy atom. The molecular weight excluding hydrogens is 275 g/mol. The predicted molar refractivity (Wildman–Crippen MR) is 77.5 cm³/mol. The van der Waals surface area contributed by atoms with Crippen molar-refractivity contribution in [3.05, 3.63) is 69.5 Å². The standard InChI is InChI=1S/C15H15FN2O3/c1-21-10-12-4-2-3-11(5-12)9-17-14-6-13(16)7-15(8-14)18(19)20/h2-8,17H,9-10H2,1H3. The molecule has 0 spiro atoms. The van der Waals surface area contributed by atoms with Gasteiger partial charge in [0.1, 0.15) is 5.82 Å². The molecular formula is C15H15FN2O3. The number of halogens is 1. The SMILES string of the molecule is COCc1cccc(CNc2cc(F)cc([N+](=O)[O-])c2)c1. The first-order chi connectivity index (χ1) is 10.1. The van der Waals surface area contributed by atoms with Crippen LogP contribution in [0.25, 0.3) is 0 Å². The lowest BCUT2D eigenvalue weighted by molar-refractivity contribution is -0.385. The minimum Gasteiger partial charge on any atom is -0.381 e. The molecule has 6 heteroatoms. The van der Waals surface area contributed by atoms with E-state index in [2.05, 4.69) is 5.32 Å². The van der Waals surface area contributed by atoms with E-state index in [4.69, 9.17) is 4.74 Å². The fourth-order valence-corrected chi connectivity index (χ4v) is 1.98. The summed E-state index contributed by atoms with van der Waals surface area (Å²) in [4.78, 5) is 10.1. The van der Waals surface area contributed by atoms with Crippen LogP contribution in [0.1, 0.15) is 11.1 Å². The maximum Gasteiger partial charge on any atom is 0.274 e. The lowest BCUT2D eigenvalue weighted by atomic mass is 10.1. The Bertz CT molecular complexity index is 647. The molecule has 0 heterocycles. The van der Waals surface area contributed by atoms with Crippen LogP contribution in [0.3, 0.4) is 0 Å². The molecule has 1 N–H and O–H groups in total. The van der Waals surface area contributed by atoms with Crippen molar-refractivity contribution in [3.8, 4) is 0 Å². The average Bonchev–Trinajstić information content (AvgIpc) is 2.45. The highest BCUT2D eigenvalue weighted by atomic mass is 19.1. The molecule has 21 heavy (non-hydrogen) atoms. The van der Waals surface area contributed by atoms with Gasteiger partial charge in [-0.1, -0.05) is 24.3 Å². The summed E-state index contributed by atoms with van der Waals surface area (Å²) in [5.74, 6) is -0.639. The van der Waals surface area contributed by atoms with Gasteiger partial charge in [-0.15, -0.1) is 0 Å². The molecule has 0 aliphatic heterocycles. The molecule has 0 aromatic heterocycles. The van der Waals surface area contributed by atoms with Crippen molar-refractivity contribution in [2.75, 3.05) is 12.4 Å². The molecule has 0 atom stereocenters. The van der Waals surface area contributed by atoms with Gasteiger partial charge in [0.05, 0.1) is 17.6 Å². The van der Waals surface area contributed by atoms with Gasteiger partial charge >= 0.3 is 0 Å². The normalized spacial score (nSPS) is 10.4. The molecule has 0 bridgehead atoms. The summed E-state index contributed by atoms with van der Waals surface area (Å²) < 4.78 is 18.4. The van der Waals surface area contributed by atoms with Crippen LogP contribution in [0.4, 0.5) is 15.8 Å². The molecule has 2 aromatic carbocycles. The summed E-state index contributed by atoms with van der Waals surface area (Å²) in [6.45, 7) is 0.956. The van der Waals surface area contributed by atoms with E-state index in [1.807, 2.05) is 24.3 Å². The molecule has 0 aliphatic carbocycles. The van der Waals surface area contributed by atoms with E-state index in [9.17, 15) is 14.5 Å². The monoisotopic (exact) mass is 290 g/mol. The number of rotatable bonds is 6. The lowest BCUT2D eigenvalue weighted by Gasteiger charge is -2.08. The Morgan fingerprint density at radius 2 is 2.00 bits per heavy atom. The largest absolute Gasteiger partial charge is 0.381 e. The Morgan fingerprint density at radius 3 is 2.71 bits per heavy atom. The molecule has 2 rings (SSSR count). The third kappa shape index (κ3) is 4.25. The smallest absolute Gasteiger partial charge is 0.274 e. The van der Waals surface area contributed by atoms with E-state index >= 15 is 0 Å². The highest BCUT2D eigenvalue weighted by Gasteiger charge is 2.09. The van der Waals surface area contributed by atoms with Crippen LogP contribution < -0.4 is 5.32 Å². The Labute approximate surface area is 121 Å². The maximum absolute atomic E-state index is 13.3. The van der Waals surface area contributed by atoms with Crippen LogP contribution in [-0.4, -0.2) is 12.0 Å². The predicted octanol–water partition coefficient (Wildman–Crippen LogP) is 3.49. The van der Waals surface area contributed by atoms with E-state index in [0.717, 1.165) is 17.2 Å². The number of nitro benzene ring substituents is 1. The van der Waals surface area contributed by atoms with Crippen molar-refractivity contribution in [1.29, 1.82) is 0 Å². The summed E-state index contributed by atoms with van der Waals surface area (Å²) in [6, 6.07) is 11.2. The van der Waals surface area contributed by atoms with Crippen molar-refractivity contribution in [2.24, 2.45) is 0 Å². The van der Waals surface area contributed by atoms with Gasteiger partial charge in [-0.2, -0.15) is 0 Å². The Balaban J connectivity index is 2.09. The number of methoxy groups -OCH3 is 1. The van der Waals surface area contributed by atoms with Gasteiger partial charge in [0.2, 0.25) is 0 Å². The highest BCUT2D eigenvalue weighted by molar-refractivity contribution is 5.51. The van der Waals surface area contributed by atoms with E-state index in [1.165, 1.54) is 12.1 Å². The zero-order valence-electron chi connectivity index (χ0n) is 11.5. The number of nitro groups is 1. The Hall–Kier alpha value is -2.47. The number of non-ortho nitro benzene ring substituents is 1. The van der Waals surface area contributed by atoms with Crippen LogP contribution in [0, 0.1) is 15.9 Å².